The van der Waals surface area contributed by atoms with Gasteiger partial charge in [-0.05, 0) is 49.4 Å². The highest BCUT2D eigenvalue weighted by Crippen LogP contribution is 2.34. The van der Waals surface area contributed by atoms with Crippen LogP contribution in [0.4, 0.5) is 13.2 Å². The van der Waals surface area contributed by atoms with Crippen molar-refractivity contribution in [3.05, 3.63) is 108 Å². The van der Waals surface area contributed by atoms with E-state index in [1.54, 1.807) is 0 Å². The van der Waals surface area contributed by atoms with E-state index in [-0.39, 0.29) is 0 Å². The number of pyridine rings is 1. The van der Waals surface area contributed by atoms with E-state index < -0.39 is 17.7 Å². The first kappa shape index (κ1) is 26.7. The molecule has 0 radical (unpaired) electrons. The number of fused-ring (bicyclic) bond motifs is 1. The molecule has 1 aliphatic carbocycles. The molecule has 4 aromatic rings. The van der Waals surface area contributed by atoms with Crippen LogP contribution in [0.1, 0.15) is 29.7 Å². The molecule has 0 aliphatic heterocycles. The maximum absolute atomic E-state index is 10.7. The molecule has 1 aromatic heterocycles. The molecule has 0 saturated heterocycles. The van der Waals surface area contributed by atoms with Gasteiger partial charge in [-0.3, -0.25) is 0 Å². The highest BCUT2D eigenvalue weighted by atomic mass is 32.2. The second kappa shape index (κ2) is 11.8. The van der Waals surface area contributed by atoms with Crippen LogP contribution >= 0.6 is 0 Å². The summed E-state index contributed by atoms with van der Waals surface area (Å²) in [5.41, 5.74) is 10.8. The fraction of sp³-hybridized carbons (Fsp3) is 0.207. The fourth-order valence-corrected chi connectivity index (χ4v) is 4.78. The number of aryl methyl sites for hydroxylation is 1. The Morgan fingerprint density at radius 1 is 0.838 bits per heavy atom. The summed E-state index contributed by atoms with van der Waals surface area (Å²) in [6.07, 6.45) is -0.284. The number of hydrogen-bond donors (Lipinski definition) is 0. The van der Waals surface area contributed by atoms with Crippen LogP contribution in [0.3, 0.4) is 0 Å². The lowest BCUT2D eigenvalue weighted by Gasteiger charge is -2.20. The monoisotopic (exact) mass is 525 g/mol. The first-order valence-corrected chi connectivity index (χ1v) is 12.9. The van der Waals surface area contributed by atoms with E-state index in [0.29, 0.717) is 0 Å². The van der Waals surface area contributed by atoms with Crippen molar-refractivity contribution in [2.75, 3.05) is 0 Å². The molecule has 0 fully saturated rings. The molecule has 0 N–H and O–H groups in total. The topological polar surface area (TPSA) is 53.2 Å². The second-order valence-electron chi connectivity index (χ2n) is 8.71. The Labute approximate surface area is 216 Å². The van der Waals surface area contributed by atoms with Gasteiger partial charge in [0.1, 0.15) is 0 Å². The van der Waals surface area contributed by atoms with E-state index >= 15 is 0 Å². The van der Waals surface area contributed by atoms with Crippen molar-refractivity contribution in [1.82, 2.24) is 0 Å². The number of rotatable bonds is 4. The quantitative estimate of drug-likeness (QED) is 0.218. The van der Waals surface area contributed by atoms with Crippen LogP contribution in [0, 0.1) is 6.92 Å². The minimum atomic E-state index is -5.09. The SMILES string of the molecule is Cc1ccc(-[n+]2c(-c3ccccc3)cc(-c3ccccc3)c3c2CCCC3)cc1.O=S([O-])OC(F)(F)F. The van der Waals surface area contributed by atoms with E-state index in [2.05, 4.69) is 107 Å². The number of aromatic nitrogens is 1. The molecular weight excluding hydrogens is 499 g/mol. The van der Waals surface area contributed by atoms with Crippen LogP contribution in [-0.4, -0.2) is 15.1 Å². The summed E-state index contributed by atoms with van der Waals surface area (Å²) in [5, 5.41) is 0. The van der Waals surface area contributed by atoms with Gasteiger partial charge in [0.15, 0.2) is 5.69 Å². The van der Waals surface area contributed by atoms with Crippen LogP contribution in [0.2, 0.25) is 0 Å². The van der Waals surface area contributed by atoms with E-state index in [0.717, 1.165) is 12.8 Å². The predicted molar refractivity (Wildman–Crippen MR) is 136 cm³/mol. The van der Waals surface area contributed by atoms with Crippen LogP contribution in [0.15, 0.2) is 91.0 Å². The largest absolute Gasteiger partial charge is 0.750 e. The Kier molecular flexibility index (Phi) is 8.53. The third-order valence-corrected chi connectivity index (χ3v) is 6.49. The molecule has 5 rings (SSSR count). The van der Waals surface area contributed by atoms with Gasteiger partial charge in [0, 0.05) is 35.7 Å². The molecule has 0 spiro atoms. The molecule has 0 saturated carbocycles. The predicted octanol–water partition coefficient (Wildman–Crippen LogP) is 6.80. The lowest BCUT2D eigenvalue weighted by molar-refractivity contribution is -0.593. The normalized spacial score (nSPS) is 13.8. The first-order chi connectivity index (χ1) is 17.7. The van der Waals surface area contributed by atoms with Gasteiger partial charge in [0.25, 0.3) is 0 Å². The molecule has 3 aromatic carbocycles. The van der Waals surface area contributed by atoms with Crippen LogP contribution in [-0.2, 0) is 28.4 Å². The minimum Gasteiger partial charge on any atom is -0.750 e. The molecule has 37 heavy (non-hydrogen) atoms. The molecule has 1 unspecified atom stereocenters. The lowest BCUT2D eigenvalue weighted by atomic mass is 9.87. The molecule has 192 valence electrons. The third-order valence-electron chi connectivity index (χ3n) is 6.16. The maximum atomic E-state index is 10.7. The Balaban J connectivity index is 0.000000349. The van der Waals surface area contributed by atoms with Crippen molar-refractivity contribution < 1.29 is 30.7 Å². The fourth-order valence-electron chi connectivity index (χ4n) is 4.62. The molecule has 4 nitrogen and oxygen atoms in total. The smallest absolute Gasteiger partial charge is 0.534 e. The van der Waals surface area contributed by atoms with Crippen LogP contribution in [0.25, 0.3) is 28.1 Å². The van der Waals surface area contributed by atoms with E-state index in [4.69, 9.17) is 8.76 Å². The molecule has 0 bridgehead atoms. The summed E-state index contributed by atoms with van der Waals surface area (Å²) in [6.45, 7) is 2.15. The Morgan fingerprint density at radius 2 is 1.41 bits per heavy atom. The van der Waals surface area contributed by atoms with Gasteiger partial charge in [-0.2, -0.15) is 4.57 Å². The summed E-state index contributed by atoms with van der Waals surface area (Å²) >= 11 is -3.51. The van der Waals surface area contributed by atoms with E-state index in [1.807, 2.05) is 0 Å². The number of hydrogen-bond acceptors (Lipinski definition) is 3. The zero-order valence-electron chi connectivity index (χ0n) is 20.2. The lowest BCUT2D eigenvalue weighted by Crippen LogP contribution is -2.41. The van der Waals surface area contributed by atoms with Gasteiger partial charge < -0.3 is 4.55 Å². The van der Waals surface area contributed by atoms with Crippen molar-refractivity contribution in [2.45, 2.75) is 39.0 Å². The highest BCUT2D eigenvalue weighted by Gasteiger charge is 2.31. The van der Waals surface area contributed by atoms with Crippen molar-refractivity contribution in [2.24, 2.45) is 0 Å². The van der Waals surface area contributed by atoms with Gasteiger partial charge in [-0.25, -0.2) is 8.39 Å². The zero-order chi connectivity index (χ0) is 26.4. The Morgan fingerprint density at radius 3 is 1.95 bits per heavy atom. The molecular formula is C29H26F3NO3S. The number of alkyl halides is 3. The van der Waals surface area contributed by atoms with Crippen molar-refractivity contribution >= 4 is 11.4 Å². The Bertz CT molecular complexity index is 1360. The van der Waals surface area contributed by atoms with Crippen LogP contribution < -0.4 is 4.57 Å². The summed E-state index contributed by atoms with van der Waals surface area (Å²) in [5.74, 6) is 0. The maximum Gasteiger partial charge on any atom is 0.534 e. The average Bonchev–Trinajstić information content (AvgIpc) is 2.88. The van der Waals surface area contributed by atoms with Crippen LogP contribution in [0.5, 0.6) is 0 Å². The van der Waals surface area contributed by atoms with Gasteiger partial charge >= 0.3 is 6.36 Å². The van der Waals surface area contributed by atoms with E-state index in [9.17, 15) is 13.2 Å². The Hall–Kier alpha value is -3.33. The van der Waals surface area contributed by atoms with Gasteiger partial charge in [0.05, 0.1) is 11.4 Å². The van der Waals surface area contributed by atoms with Gasteiger partial charge in [0.2, 0.25) is 11.4 Å². The first-order valence-electron chi connectivity index (χ1n) is 11.9. The summed E-state index contributed by atoms with van der Waals surface area (Å²) in [4.78, 5) is 0. The minimum absolute atomic E-state index is 1.13. The summed E-state index contributed by atoms with van der Waals surface area (Å²) in [7, 11) is 0. The molecule has 0 amide bonds. The number of halogens is 3. The molecule has 1 atom stereocenters. The summed E-state index contributed by atoms with van der Waals surface area (Å²) < 4.78 is 55.1. The number of benzene rings is 3. The standard InChI is InChI=1S/C28H26N.CHF3O3S/c1-21-16-18-24(19-17-21)29-27-15-9-8-14-25(27)26(22-10-4-2-5-11-22)20-28(29)23-12-6-3-7-13-23;2-1(3,4)7-8(5)6/h2-7,10-13,16-20H,8-9,14-15H2,1H3;(H,5,6)/q+1;/p-1. The van der Waals surface area contributed by atoms with Gasteiger partial charge in [-0.1, -0.05) is 66.2 Å². The third kappa shape index (κ3) is 6.91. The number of nitrogens with zero attached hydrogens (tertiary/aromatic N) is 1. The van der Waals surface area contributed by atoms with Gasteiger partial charge in [-0.15, -0.1) is 13.2 Å². The average molecular weight is 526 g/mol. The summed E-state index contributed by atoms with van der Waals surface area (Å²) in [6, 6.07) is 33.1. The molecule has 1 heterocycles. The molecule has 8 heteroatoms. The van der Waals surface area contributed by atoms with Crippen molar-refractivity contribution in [1.29, 1.82) is 0 Å². The second-order valence-corrected chi connectivity index (χ2v) is 9.29. The van der Waals surface area contributed by atoms with Crippen molar-refractivity contribution in [3.63, 3.8) is 0 Å². The highest BCUT2D eigenvalue weighted by molar-refractivity contribution is 7.74. The van der Waals surface area contributed by atoms with Crippen molar-refractivity contribution in [3.8, 4) is 28.1 Å². The molecule has 1 aliphatic rings. The van der Waals surface area contributed by atoms with E-state index in [1.165, 1.54) is 57.7 Å². The zero-order valence-corrected chi connectivity index (χ0v) is 21.0.